The summed E-state index contributed by atoms with van der Waals surface area (Å²) >= 11 is 1.21. The molecule has 1 aromatic rings. The third kappa shape index (κ3) is 1.67. The van der Waals surface area contributed by atoms with E-state index < -0.39 is 30.2 Å². The third-order valence-electron chi connectivity index (χ3n) is 2.80. The van der Waals surface area contributed by atoms with Gasteiger partial charge in [-0.3, -0.25) is 0 Å². The van der Waals surface area contributed by atoms with Crippen LogP contribution in [0.15, 0.2) is 17.5 Å². The van der Waals surface area contributed by atoms with Crippen LogP contribution < -0.4 is 0 Å². The van der Waals surface area contributed by atoms with E-state index >= 15 is 0 Å². The highest BCUT2D eigenvalue weighted by atomic mass is 32.1. The monoisotopic (exact) mass is 246 g/mol. The largest absolute Gasteiger partial charge is 0.388 e. The molecule has 0 radical (unpaired) electrons. The van der Waals surface area contributed by atoms with Crippen LogP contribution in [0.3, 0.4) is 0 Å². The first-order valence-corrected chi connectivity index (χ1v) is 5.83. The van der Waals surface area contributed by atoms with Gasteiger partial charge in [0.05, 0.1) is 11.0 Å². The summed E-state index contributed by atoms with van der Waals surface area (Å²) in [5.41, 5.74) is 0. The van der Waals surface area contributed by atoms with Gasteiger partial charge in [0.2, 0.25) is 5.79 Å². The summed E-state index contributed by atoms with van der Waals surface area (Å²) in [6.07, 6.45) is -4.98. The fourth-order valence-electron chi connectivity index (χ4n) is 1.80. The molecule has 0 saturated carbocycles. The van der Waals surface area contributed by atoms with Gasteiger partial charge in [0.25, 0.3) is 0 Å². The van der Waals surface area contributed by atoms with Crippen molar-refractivity contribution in [2.45, 2.75) is 37.1 Å². The van der Waals surface area contributed by atoms with Crippen molar-refractivity contribution in [2.24, 2.45) is 0 Å². The first-order chi connectivity index (χ1) is 7.47. The highest BCUT2D eigenvalue weighted by Crippen LogP contribution is 2.38. The van der Waals surface area contributed by atoms with E-state index in [1.807, 2.05) is 0 Å². The maximum absolute atomic E-state index is 10.2. The smallest absolute Gasteiger partial charge is 0.231 e. The number of hydrogen-bond acceptors (Lipinski definition) is 6. The zero-order valence-corrected chi connectivity index (χ0v) is 9.46. The second-order valence-electron chi connectivity index (χ2n) is 3.92. The first kappa shape index (κ1) is 12.0. The van der Waals surface area contributed by atoms with Crippen LogP contribution in [0.2, 0.25) is 0 Å². The van der Waals surface area contributed by atoms with Crippen LogP contribution >= 0.6 is 11.3 Å². The molecule has 0 spiro atoms. The fourth-order valence-corrected chi connectivity index (χ4v) is 2.60. The molecule has 1 aliphatic rings. The molecule has 1 unspecified atom stereocenters. The van der Waals surface area contributed by atoms with Crippen LogP contribution in [-0.2, 0) is 10.5 Å². The molecule has 1 aromatic heterocycles. The minimum Gasteiger partial charge on any atom is -0.388 e. The zero-order valence-electron chi connectivity index (χ0n) is 8.65. The minimum absolute atomic E-state index is 0.401. The minimum atomic E-state index is -1.95. The number of aliphatic hydroxyl groups excluding tert-OH is 3. The van der Waals surface area contributed by atoms with Gasteiger partial charge >= 0.3 is 0 Å². The molecule has 0 bridgehead atoms. The van der Waals surface area contributed by atoms with Gasteiger partial charge in [0.1, 0.15) is 18.3 Å². The molecular weight excluding hydrogens is 232 g/mol. The van der Waals surface area contributed by atoms with Gasteiger partial charge in [-0.1, -0.05) is 6.07 Å². The summed E-state index contributed by atoms with van der Waals surface area (Å²) < 4.78 is 5.22. The maximum atomic E-state index is 10.2. The van der Waals surface area contributed by atoms with Crippen LogP contribution in [0.25, 0.3) is 0 Å². The lowest BCUT2D eigenvalue weighted by atomic mass is 9.92. The first-order valence-electron chi connectivity index (χ1n) is 4.95. The van der Waals surface area contributed by atoms with E-state index in [1.54, 1.807) is 17.5 Å². The molecule has 0 aliphatic carbocycles. The molecule has 4 N–H and O–H groups in total. The second kappa shape index (κ2) is 4.06. The Hall–Kier alpha value is -0.500. The summed E-state index contributed by atoms with van der Waals surface area (Å²) in [5, 5.41) is 40.9. The highest BCUT2D eigenvalue weighted by molar-refractivity contribution is 7.10. The summed E-state index contributed by atoms with van der Waals surface area (Å²) in [6.45, 7) is 1.53. The summed E-state index contributed by atoms with van der Waals surface area (Å²) in [4.78, 5) is 0.401. The lowest BCUT2D eigenvalue weighted by Crippen LogP contribution is -2.61. The summed E-state index contributed by atoms with van der Waals surface area (Å²) in [5.74, 6) is -1.95. The molecule has 2 rings (SSSR count). The van der Waals surface area contributed by atoms with Gasteiger partial charge in [-0.15, -0.1) is 11.3 Å². The topological polar surface area (TPSA) is 90.2 Å². The van der Waals surface area contributed by atoms with Gasteiger partial charge in [0, 0.05) is 0 Å². The van der Waals surface area contributed by atoms with Crippen LogP contribution in [-0.4, -0.2) is 44.8 Å². The van der Waals surface area contributed by atoms with Crippen molar-refractivity contribution in [1.82, 2.24) is 0 Å². The van der Waals surface area contributed by atoms with Crippen molar-refractivity contribution in [3.05, 3.63) is 22.4 Å². The van der Waals surface area contributed by atoms with E-state index in [0.717, 1.165) is 0 Å². The van der Waals surface area contributed by atoms with Crippen molar-refractivity contribution >= 4 is 11.3 Å². The normalized spacial score (nSPS) is 44.6. The molecule has 5 nitrogen and oxygen atoms in total. The quantitative estimate of drug-likeness (QED) is 0.531. The van der Waals surface area contributed by atoms with Crippen LogP contribution in [0.4, 0.5) is 0 Å². The molecule has 1 fully saturated rings. The third-order valence-corrected chi connectivity index (χ3v) is 3.77. The number of thiophene rings is 1. The molecule has 0 aromatic carbocycles. The molecule has 16 heavy (non-hydrogen) atoms. The second-order valence-corrected chi connectivity index (χ2v) is 4.87. The fraction of sp³-hybridized carbons (Fsp3) is 0.600. The summed E-state index contributed by atoms with van der Waals surface area (Å²) in [7, 11) is 0. The van der Waals surface area contributed by atoms with Crippen molar-refractivity contribution in [3.63, 3.8) is 0 Å². The van der Waals surface area contributed by atoms with E-state index in [9.17, 15) is 20.4 Å². The van der Waals surface area contributed by atoms with Crippen molar-refractivity contribution in [1.29, 1.82) is 0 Å². The molecule has 0 amide bonds. The number of aliphatic hydroxyl groups is 4. The van der Waals surface area contributed by atoms with Gasteiger partial charge < -0.3 is 25.2 Å². The van der Waals surface area contributed by atoms with Crippen molar-refractivity contribution < 1.29 is 25.2 Å². The Morgan fingerprint density at radius 3 is 2.56 bits per heavy atom. The average molecular weight is 246 g/mol. The average Bonchev–Trinajstić information content (AvgIpc) is 2.77. The molecule has 2 heterocycles. The molecule has 1 aliphatic heterocycles. The molecule has 6 heteroatoms. The van der Waals surface area contributed by atoms with E-state index in [-0.39, 0.29) is 0 Å². The van der Waals surface area contributed by atoms with Gasteiger partial charge in [-0.05, 0) is 18.4 Å². The molecule has 90 valence electrons. The molecular formula is C10H14O5S. The van der Waals surface area contributed by atoms with Gasteiger partial charge in [0.15, 0.2) is 0 Å². The summed E-state index contributed by atoms with van der Waals surface area (Å²) in [6, 6.07) is 3.31. The lowest BCUT2D eigenvalue weighted by molar-refractivity contribution is -0.349. The SMILES string of the molecule is C[C@@H]1OC(O)(c2cccs2)[C@@H](O)[C@H](O)[C@@H]1O. The Morgan fingerprint density at radius 2 is 2.00 bits per heavy atom. The lowest BCUT2D eigenvalue weighted by Gasteiger charge is -2.44. The number of hydrogen-bond donors (Lipinski definition) is 4. The van der Waals surface area contributed by atoms with E-state index in [4.69, 9.17) is 4.74 Å². The standard InChI is InChI=1S/C10H14O5S/c1-5-7(11)8(12)9(13)10(14,15-5)6-3-2-4-16-6/h2-5,7-9,11-14H,1H3/t5-,7+,8+,9-,10?/m0/s1. The van der Waals surface area contributed by atoms with Crippen LogP contribution in [0.5, 0.6) is 0 Å². The Labute approximate surface area is 96.5 Å². The van der Waals surface area contributed by atoms with Gasteiger partial charge in [-0.25, -0.2) is 0 Å². The Balaban J connectivity index is 2.34. The number of ether oxygens (including phenoxy) is 1. The Morgan fingerprint density at radius 1 is 1.31 bits per heavy atom. The Bertz CT molecular complexity index is 354. The number of rotatable bonds is 1. The van der Waals surface area contributed by atoms with Crippen molar-refractivity contribution in [3.8, 4) is 0 Å². The Kier molecular flexibility index (Phi) is 3.04. The van der Waals surface area contributed by atoms with E-state index in [1.165, 1.54) is 18.3 Å². The van der Waals surface area contributed by atoms with Crippen molar-refractivity contribution in [2.75, 3.05) is 0 Å². The molecule has 1 saturated heterocycles. The molecule has 5 atom stereocenters. The zero-order chi connectivity index (χ0) is 11.9. The van der Waals surface area contributed by atoms with Crippen LogP contribution in [0.1, 0.15) is 11.8 Å². The maximum Gasteiger partial charge on any atom is 0.231 e. The van der Waals surface area contributed by atoms with E-state index in [0.29, 0.717) is 4.88 Å². The van der Waals surface area contributed by atoms with Crippen LogP contribution in [0, 0.1) is 0 Å². The predicted molar refractivity (Wildman–Crippen MR) is 56.8 cm³/mol. The predicted octanol–water partition coefficient (Wildman–Crippen LogP) is -0.605. The van der Waals surface area contributed by atoms with E-state index in [2.05, 4.69) is 0 Å². The van der Waals surface area contributed by atoms with Gasteiger partial charge in [-0.2, -0.15) is 0 Å². The highest BCUT2D eigenvalue weighted by Gasteiger charge is 2.52.